The Morgan fingerprint density at radius 1 is 1.44 bits per heavy atom. The highest BCUT2D eigenvalue weighted by Gasteiger charge is 2.04. The van der Waals surface area contributed by atoms with Crippen LogP contribution in [0.1, 0.15) is 13.8 Å². The number of halogens is 2. The maximum absolute atomic E-state index is 13.4. The van der Waals surface area contributed by atoms with E-state index in [9.17, 15) is 4.39 Å². The van der Waals surface area contributed by atoms with Crippen LogP contribution in [-0.2, 0) is 4.74 Å². The molecule has 16 heavy (non-hydrogen) atoms. The average molecular weight is 246 g/mol. The zero-order chi connectivity index (χ0) is 12.0. The first-order valence-electron chi connectivity index (χ1n) is 5.37. The summed E-state index contributed by atoms with van der Waals surface area (Å²) >= 11 is 5.65. The summed E-state index contributed by atoms with van der Waals surface area (Å²) in [6.45, 7) is 6.03. The van der Waals surface area contributed by atoms with Gasteiger partial charge in [0.1, 0.15) is 0 Å². The molecule has 2 nitrogen and oxygen atoms in total. The Bertz CT molecular complexity index is 331. The quantitative estimate of drug-likeness (QED) is 0.774. The Labute approximate surface area is 101 Å². The molecule has 1 N–H and O–H groups in total. The predicted octanol–water partition coefficient (Wildman–Crippen LogP) is 3.56. The van der Waals surface area contributed by atoms with Crippen LogP contribution in [0.25, 0.3) is 0 Å². The summed E-state index contributed by atoms with van der Waals surface area (Å²) in [4.78, 5) is 0. The van der Waals surface area contributed by atoms with Crippen molar-refractivity contribution in [3.63, 3.8) is 0 Å². The van der Waals surface area contributed by atoms with Crippen LogP contribution in [-0.4, -0.2) is 19.8 Å². The minimum atomic E-state index is -0.409. The highest BCUT2D eigenvalue weighted by molar-refractivity contribution is 6.31. The molecule has 4 heteroatoms. The molecule has 0 bridgehead atoms. The van der Waals surface area contributed by atoms with Crippen LogP contribution in [0.5, 0.6) is 0 Å². The van der Waals surface area contributed by atoms with E-state index >= 15 is 0 Å². The van der Waals surface area contributed by atoms with Crippen LogP contribution in [0, 0.1) is 11.7 Å². The summed E-state index contributed by atoms with van der Waals surface area (Å²) in [5, 5.41) is 3.08. The second-order valence-corrected chi connectivity index (χ2v) is 4.40. The second kappa shape index (κ2) is 6.71. The van der Waals surface area contributed by atoms with E-state index in [2.05, 4.69) is 19.2 Å². The molecule has 0 aliphatic carbocycles. The van der Waals surface area contributed by atoms with Crippen molar-refractivity contribution in [2.75, 3.05) is 25.1 Å². The fraction of sp³-hybridized carbons (Fsp3) is 0.500. The van der Waals surface area contributed by atoms with E-state index in [4.69, 9.17) is 16.3 Å². The van der Waals surface area contributed by atoms with Gasteiger partial charge in [-0.2, -0.15) is 0 Å². The average Bonchev–Trinajstić information content (AvgIpc) is 2.23. The van der Waals surface area contributed by atoms with Crippen LogP contribution in [0.4, 0.5) is 10.1 Å². The number of ether oxygens (including phenoxy) is 1. The molecule has 0 saturated heterocycles. The van der Waals surface area contributed by atoms with Gasteiger partial charge in [0.25, 0.3) is 0 Å². The van der Waals surface area contributed by atoms with Crippen LogP contribution in [0.3, 0.4) is 0 Å². The van der Waals surface area contributed by atoms with Gasteiger partial charge in [-0.05, 0) is 18.1 Å². The van der Waals surface area contributed by atoms with Crippen molar-refractivity contribution >= 4 is 17.3 Å². The van der Waals surface area contributed by atoms with E-state index in [0.717, 1.165) is 6.61 Å². The van der Waals surface area contributed by atoms with E-state index in [-0.39, 0.29) is 5.02 Å². The highest BCUT2D eigenvalue weighted by Crippen LogP contribution is 2.21. The first-order chi connectivity index (χ1) is 7.61. The van der Waals surface area contributed by atoms with Gasteiger partial charge >= 0.3 is 0 Å². The lowest BCUT2D eigenvalue weighted by Gasteiger charge is -2.10. The minimum absolute atomic E-state index is 0.132. The predicted molar refractivity (Wildman–Crippen MR) is 65.6 cm³/mol. The third kappa shape index (κ3) is 4.37. The van der Waals surface area contributed by atoms with Crippen LogP contribution < -0.4 is 5.32 Å². The maximum atomic E-state index is 13.4. The monoisotopic (exact) mass is 245 g/mol. The summed E-state index contributed by atoms with van der Waals surface area (Å²) in [5.41, 5.74) is 0.417. The molecule has 0 atom stereocenters. The van der Waals surface area contributed by atoms with Gasteiger partial charge in [-0.3, -0.25) is 0 Å². The minimum Gasteiger partial charge on any atom is -0.380 e. The molecule has 0 aromatic heterocycles. The normalized spacial score (nSPS) is 10.8. The molecular formula is C12H17ClFNO. The van der Waals surface area contributed by atoms with Crippen LogP contribution in [0.15, 0.2) is 18.2 Å². The third-order valence-electron chi connectivity index (χ3n) is 1.96. The van der Waals surface area contributed by atoms with Crippen LogP contribution >= 0.6 is 11.6 Å². The fourth-order valence-corrected chi connectivity index (χ4v) is 1.39. The zero-order valence-electron chi connectivity index (χ0n) is 9.59. The lowest BCUT2D eigenvalue weighted by molar-refractivity contribution is 0.118. The second-order valence-electron chi connectivity index (χ2n) is 4.00. The molecule has 0 aliphatic heterocycles. The molecule has 90 valence electrons. The summed E-state index contributed by atoms with van der Waals surface area (Å²) in [7, 11) is 0. The fourth-order valence-electron chi connectivity index (χ4n) is 1.22. The first kappa shape index (κ1) is 13.3. The smallest absolute Gasteiger partial charge is 0.164 e. The molecule has 1 rings (SSSR count). The van der Waals surface area contributed by atoms with Crippen molar-refractivity contribution in [3.8, 4) is 0 Å². The van der Waals surface area contributed by atoms with E-state index in [1.165, 1.54) is 6.07 Å². The van der Waals surface area contributed by atoms with E-state index < -0.39 is 5.82 Å². The van der Waals surface area contributed by atoms with E-state index in [1.807, 2.05) is 0 Å². The largest absolute Gasteiger partial charge is 0.380 e. The van der Waals surface area contributed by atoms with Crippen molar-refractivity contribution in [2.24, 2.45) is 5.92 Å². The Morgan fingerprint density at radius 2 is 2.19 bits per heavy atom. The van der Waals surface area contributed by atoms with Crippen LogP contribution in [0.2, 0.25) is 5.02 Å². The molecular weight excluding hydrogens is 229 g/mol. The van der Waals surface area contributed by atoms with Gasteiger partial charge in [0, 0.05) is 13.2 Å². The number of nitrogens with one attached hydrogen (secondary N) is 1. The van der Waals surface area contributed by atoms with Crippen molar-refractivity contribution in [3.05, 3.63) is 29.0 Å². The number of benzene rings is 1. The molecule has 0 heterocycles. The molecule has 0 radical (unpaired) electrons. The van der Waals surface area contributed by atoms with Crippen molar-refractivity contribution in [1.82, 2.24) is 0 Å². The van der Waals surface area contributed by atoms with Crippen molar-refractivity contribution in [1.29, 1.82) is 0 Å². The Morgan fingerprint density at radius 3 is 2.88 bits per heavy atom. The molecule has 1 aromatic rings. The highest BCUT2D eigenvalue weighted by atomic mass is 35.5. The lowest BCUT2D eigenvalue weighted by Crippen LogP contribution is -2.12. The van der Waals surface area contributed by atoms with Crippen molar-refractivity contribution in [2.45, 2.75) is 13.8 Å². The number of hydrogen-bond acceptors (Lipinski definition) is 2. The Kier molecular flexibility index (Phi) is 5.56. The van der Waals surface area contributed by atoms with Gasteiger partial charge in [-0.1, -0.05) is 31.5 Å². The number of rotatable bonds is 6. The Hall–Kier alpha value is -0.800. The molecule has 1 aromatic carbocycles. The Balaban J connectivity index is 2.29. The third-order valence-corrected chi connectivity index (χ3v) is 2.26. The topological polar surface area (TPSA) is 21.3 Å². The summed E-state index contributed by atoms with van der Waals surface area (Å²) in [6, 6.07) is 4.89. The SMILES string of the molecule is CC(C)COCCNc1cccc(Cl)c1F. The molecule has 0 saturated carbocycles. The molecule has 0 fully saturated rings. The van der Waals surface area contributed by atoms with Gasteiger partial charge in [0.05, 0.1) is 17.3 Å². The first-order valence-corrected chi connectivity index (χ1v) is 5.74. The number of hydrogen-bond donors (Lipinski definition) is 1. The standard InChI is InChI=1S/C12H17ClFNO/c1-9(2)8-16-7-6-15-11-5-3-4-10(13)12(11)14/h3-5,9,15H,6-8H2,1-2H3. The molecule has 0 spiro atoms. The molecule has 0 amide bonds. The lowest BCUT2D eigenvalue weighted by atomic mass is 10.2. The van der Waals surface area contributed by atoms with Gasteiger partial charge in [0.2, 0.25) is 0 Å². The van der Waals surface area contributed by atoms with E-state index in [0.29, 0.717) is 24.8 Å². The van der Waals surface area contributed by atoms with Gasteiger partial charge in [-0.25, -0.2) is 4.39 Å². The number of anilines is 1. The molecule has 0 unspecified atom stereocenters. The molecule has 0 aliphatic rings. The van der Waals surface area contributed by atoms with Gasteiger partial charge in [0.15, 0.2) is 5.82 Å². The zero-order valence-corrected chi connectivity index (χ0v) is 10.4. The van der Waals surface area contributed by atoms with E-state index in [1.54, 1.807) is 12.1 Å². The van der Waals surface area contributed by atoms with Gasteiger partial charge in [-0.15, -0.1) is 0 Å². The summed E-state index contributed by atoms with van der Waals surface area (Å²) < 4.78 is 18.8. The summed E-state index contributed by atoms with van der Waals surface area (Å²) in [5.74, 6) is 0.107. The summed E-state index contributed by atoms with van der Waals surface area (Å²) in [6.07, 6.45) is 0. The maximum Gasteiger partial charge on any atom is 0.164 e. The van der Waals surface area contributed by atoms with Crippen molar-refractivity contribution < 1.29 is 9.13 Å². The van der Waals surface area contributed by atoms with Gasteiger partial charge < -0.3 is 10.1 Å².